The van der Waals surface area contributed by atoms with Crippen molar-refractivity contribution in [1.29, 1.82) is 0 Å². The number of methoxy groups -OCH3 is 1. The van der Waals surface area contributed by atoms with Gasteiger partial charge in [-0.3, -0.25) is 4.79 Å². The van der Waals surface area contributed by atoms with E-state index in [9.17, 15) is 19.8 Å². The Balaban J connectivity index is 1.76. The van der Waals surface area contributed by atoms with Gasteiger partial charge < -0.3 is 14.9 Å². The summed E-state index contributed by atoms with van der Waals surface area (Å²) in [5.41, 5.74) is -0.703. The molecule has 0 radical (unpaired) electrons. The number of aliphatic hydroxyl groups excluding tert-OH is 1. The average Bonchev–Trinajstić information content (AvgIpc) is 2.88. The summed E-state index contributed by atoms with van der Waals surface area (Å²) in [5.74, 6) is -0.0636. The molecule has 0 spiro atoms. The molecule has 3 fully saturated rings. The van der Waals surface area contributed by atoms with Gasteiger partial charge in [-0.2, -0.15) is 0 Å². The second-order valence-corrected chi connectivity index (χ2v) is 9.45. The maximum absolute atomic E-state index is 12.2. The van der Waals surface area contributed by atoms with Crippen molar-refractivity contribution in [2.75, 3.05) is 7.11 Å². The fraction of sp³-hybridized carbons (Fsp3) is 0.810. The van der Waals surface area contributed by atoms with Crippen LogP contribution in [0.25, 0.3) is 0 Å². The molecule has 0 saturated heterocycles. The predicted octanol–water partition coefficient (Wildman–Crippen LogP) is 2.96. The molecule has 0 aromatic heterocycles. The fourth-order valence-electron chi connectivity index (χ4n) is 7.45. The van der Waals surface area contributed by atoms with Crippen LogP contribution in [0.3, 0.4) is 0 Å². The Bertz CT molecular complexity index is 684. The van der Waals surface area contributed by atoms with Gasteiger partial charge in [0.25, 0.3) is 0 Å². The average molecular weight is 362 g/mol. The van der Waals surface area contributed by atoms with Crippen molar-refractivity contribution >= 4 is 11.8 Å². The Labute approximate surface area is 154 Å². The molecule has 2 N–H and O–H groups in total. The van der Waals surface area contributed by atoms with E-state index >= 15 is 0 Å². The van der Waals surface area contributed by atoms with E-state index in [-0.39, 0.29) is 29.0 Å². The van der Waals surface area contributed by atoms with E-state index in [2.05, 4.69) is 6.92 Å². The van der Waals surface area contributed by atoms with Crippen LogP contribution in [0.2, 0.25) is 0 Å². The van der Waals surface area contributed by atoms with E-state index in [0.717, 1.165) is 25.7 Å². The highest BCUT2D eigenvalue weighted by Crippen LogP contribution is 2.68. The second-order valence-electron chi connectivity index (χ2n) is 9.45. The lowest BCUT2D eigenvalue weighted by Crippen LogP contribution is -2.62. The number of fused-ring (bicyclic) bond motifs is 5. The summed E-state index contributed by atoms with van der Waals surface area (Å²) in [6, 6.07) is 0. The largest absolute Gasteiger partial charge is 0.479 e. The molecular weight excluding hydrogens is 332 g/mol. The minimum Gasteiger partial charge on any atom is -0.479 e. The molecule has 6 unspecified atom stereocenters. The molecule has 7 atom stereocenters. The molecule has 5 heteroatoms. The maximum Gasteiger partial charge on any atom is 0.336 e. The van der Waals surface area contributed by atoms with Crippen molar-refractivity contribution in [1.82, 2.24) is 0 Å². The van der Waals surface area contributed by atoms with E-state index in [1.807, 2.05) is 13.0 Å². The standard InChI is InChI=1S/C21H30O5/c1-19-8-6-13(22)10-12(19)4-5-14-15-7-9-21(26-3,18(24)25)20(15,2)11-16(23)17(14)19/h10,14-17,23H,4-9,11H2,1-3H3,(H,24,25)/t14?,15?,16?,17?,19?,20?,21-/m1/s1. The highest BCUT2D eigenvalue weighted by atomic mass is 16.5. The van der Waals surface area contributed by atoms with Crippen LogP contribution in [0.5, 0.6) is 0 Å². The molecule has 4 aliphatic rings. The van der Waals surface area contributed by atoms with E-state index in [1.54, 1.807) is 0 Å². The van der Waals surface area contributed by atoms with Gasteiger partial charge >= 0.3 is 5.97 Å². The van der Waals surface area contributed by atoms with Crippen molar-refractivity contribution in [2.45, 2.75) is 70.5 Å². The Morgan fingerprint density at radius 1 is 1.23 bits per heavy atom. The van der Waals surface area contributed by atoms with E-state index in [0.29, 0.717) is 19.3 Å². The molecule has 0 bridgehead atoms. The summed E-state index contributed by atoms with van der Waals surface area (Å²) < 4.78 is 5.64. The maximum atomic E-state index is 12.2. The lowest BCUT2D eigenvalue weighted by atomic mass is 9.45. The van der Waals surface area contributed by atoms with Gasteiger partial charge in [0.15, 0.2) is 11.4 Å². The van der Waals surface area contributed by atoms with Gasteiger partial charge in [-0.25, -0.2) is 4.79 Å². The molecule has 0 heterocycles. The third-order valence-electron chi connectivity index (χ3n) is 8.71. The summed E-state index contributed by atoms with van der Waals surface area (Å²) in [6.07, 6.45) is 6.22. The van der Waals surface area contributed by atoms with Crippen LogP contribution >= 0.6 is 0 Å². The van der Waals surface area contributed by atoms with Crippen molar-refractivity contribution in [2.24, 2.45) is 28.6 Å². The Morgan fingerprint density at radius 3 is 2.62 bits per heavy atom. The van der Waals surface area contributed by atoms with Crippen LogP contribution in [0, 0.1) is 28.6 Å². The molecular formula is C21H30O5. The molecule has 5 nitrogen and oxygen atoms in total. The number of ketones is 1. The normalized spacial score (nSPS) is 50.5. The highest BCUT2D eigenvalue weighted by Gasteiger charge is 2.69. The molecule has 0 aromatic carbocycles. The second kappa shape index (κ2) is 5.65. The van der Waals surface area contributed by atoms with Crippen LogP contribution in [0.15, 0.2) is 11.6 Å². The van der Waals surface area contributed by atoms with Gasteiger partial charge in [-0.05, 0) is 67.8 Å². The van der Waals surface area contributed by atoms with Gasteiger partial charge in [0.2, 0.25) is 0 Å². The number of ether oxygens (including phenoxy) is 1. The molecule has 4 rings (SSSR count). The number of aliphatic carboxylic acids is 1. The minimum atomic E-state index is -1.21. The highest BCUT2D eigenvalue weighted by molar-refractivity contribution is 5.91. The van der Waals surface area contributed by atoms with E-state index in [1.165, 1.54) is 12.7 Å². The van der Waals surface area contributed by atoms with Crippen molar-refractivity contribution in [3.8, 4) is 0 Å². The molecule has 3 saturated carbocycles. The fourth-order valence-corrected chi connectivity index (χ4v) is 7.45. The van der Waals surface area contributed by atoms with Crippen LogP contribution in [-0.4, -0.2) is 40.8 Å². The Kier molecular flexibility index (Phi) is 3.95. The molecule has 0 amide bonds. The lowest BCUT2D eigenvalue weighted by molar-refractivity contribution is -0.201. The van der Waals surface area contributed by atoms with Crippen LogP contribution in [-0.2, 0) is 14.3 Å². The first-order valence-corrected chi connectivity index (χ1v) is 9.90. The van der Waals surface area contributed by atoms with Crippen molar-refractivity contribution in [3.05, 3.63) is 11.6 Å². The molecule has 0 aliphatic heterocycles. The van der Waals surface area contributed by atoms with Crippen LogP contribution < -0.4 is 0 Å². The number of carbonyl (C=O) groups excluding carboxylic acids is 1. The summed E-state index contributed by atoms with van der Waals surface area (Å²) >= 11 is 0. The van der Waals surface area contributed by atoms with Gasteiger partial charge in [-0.1, -0.05) is 19.4 Å². The third-order valence-corrected chi connectivity index (χ3v) is 8.71. The lowest BCUT2D eigenvalue weighted by Gasteiger charge is -2.60. The minimum absolute atomic E-state index is 0.107. The number of aliphatic hydroxyl groups is 1. The van der Waals surface area contributed by atoms with Gasteiger partial charge in [0, 0.05) is 18.9 Å². The summed E-state index contributed by atoms with van der Waals surface area (Å²) in [6.45, 7) is 4.23. The molecule has 26 heavy (non-hydrogen) atoms. The summed E-state index contributed by atoms with van der Waals surface area (Å²) in [7, 11) is 1.50. The number of rotatable bonds is 2. The van der Waals surface area contributed by atoms with Crippen molar-refractivity contribution < 1.29 is 24.5 Å². The first kappa shape index (κ1) is 18.2. The number of carbonyl (C=O) groups is 2. The number of allylic oxidation sites excluding steroid dienone is 1. The van der Waals surface area contributed by atoms with Crippen molar-refractivity contribution in [3.63, 3.8) is 0 Å². The monoisotopic (exact) mass is 362 g/mol. The van der Waals surface area contributed by atoms with Crippen LogP contribution in [0.1, 0.15) is 58.8 Å². The first-order chi connectivity index (χ1) is 12.2. The first-order valence-electron chi connectivity index (χ1n) is 9.90. The SMILES string of the molecule is CO[C@@]1(C(=O)O)CCC2C3CCC4=CC(=O)CCC4(C)C3C(O)CC21C. The topological polar surface area (TPSA) is 83.8 Å². The van der Waals surface area contributed by atoms with Gasteiger partial charge in [0.05, 0.1) is 6.10 Å². The third kappa shape index (κ3) is 2.04. The summed E-state index contributed by atoms with van der Waals surface area (Å²) in [5, 5.41) is 21.2. The predicted molar refractivity (Wildman–Crippen MR) is 95.5 cm³/mol. The van der Waals surface area contributed by atoms with Gasteiger partial charge in [0.1, 0.15) is 0 Å². The quantitative estimate of drug-likeness (QED) is 0.789. The van der Waals surface area contributed by atoms with Gasteiger partial charge in [-0.15, -0.1) is 0 Å². The molecule has 144 valence electrons. The van der Waals surface area contributed by atoms with E-state index in [4.69, 9.17) is 4.74 Å². The zero-order chi connectivity index (χ0) is 18.9. The summed E-state index contributed by atoms with van der Waals surface area (Å²) in [4.78, 5) is 24.1. The number of carboxylic acids is 1. The number of hydrogen-bond donors (Lipinski definition) is 2. The zero-order valence-corrected chi connectivity index (χ0v) is 16.0. The molecule has 4 aliphatic carbocycles. The Morgan fingerprint density at radius 2 is 1.96 bits per heavy atom. The Hall–Kier alpha value is -1.20. The smallest absolute Gasteiger partial charge is 0.336 e. The van der Waals surface area contributed by atoms with E-state index < -0.39 is 23.1 Å². The molecule has 0 aromatic rings. The number of carboxylic acid groups (broad SMARTS) is 1. The van der Waals surface area contributed by atoms with Crippen LogP contribution in [0.4, 0.5) is 0 Å². The zero-order valence-electron chi connectivity index (χ0n) is 16.0. The number of hydrogen-bond acceptors (Lipinski definition) is 4.